The van der Waals surface area contributed by atoms with E-state index < -0.39 is 11.4 Å². The molecule has 0 aromatic heterocycles. The maximum atomic E-state index is 12.2. The van der Waals surface area contributed by atoms with Crippen LogP contribution in [-0.2, 0) is 9.59 Å². The zero-order valence-electron chi connectivity index (χ0n) is 10.4. The van der Waals surface area contributed by atoms with Gasteiger partial charge in [0.15, 0.2) is 0 Å². The molecule has 96 valence electrons. The minimum absolute atomic E-state index is 0.00694. The molecule has 2 aliphatic rings. The summed E-state index contributed by atoms with van der Waals surface area (Å²) in [6, 6.07) is 0.227. The summed E-state index contributed by atoms with van der Waals surface area (Å²) < 4.78 is 0. The molecule has 4 heteroatoms. The van der Waals surface area contributed by atoms with Crippen LogP contribution >= 0.6 is 0 Å². The molecular weight excluding hydrogens is 218 g/mol. The van der Waals surface area contributed by atoms with E-state index in [1.165, 1.54) is 0 Å². The third kappa shape index (κ3) is 2.45. The highest BCUT2D eigenvalue weighted by Crippen LogP contribution is 2.39. The van der Waals surface area contributed by atoms with E-state index in [0.717, 1.165) is 44.9 Å². The topological polar surface area (TPSA) is 66.4 Å². The molecule has 0 radical (unpaired) electrons. The number of carboxylic acid groups (broad SMARTS) is 1. The Morgan fingerprint density at radius 2 is 1.71 bits per heavy atom. The van der Waals surface area contributed by atoms with Gasteiger partial charge < -0.3 is 10.4 Å². The van der Waals surface area contributed by atoms with Gasteiger partial charge in [0.05, 0.1) is 0 Å². The Morgan fingerprint density at radius 1 is 1.12 bits per heavy atom. The van der Waals surface area contributed by atoms with Gasteiger partial charge in [-0.1, -0.05) is 19.3 Å². The van der Waals surface area contributed by atoms with E-state index in [2.05, 4.69) is 5.32 Å². The van der Waals surface area contributed by atoms with Crippen LogP contribution in [0.1, 0.15) is 51.9 Å². The highest BCUT2D eigenvalue weighted by atomic mass is 16.4. The molecule has 2 rings (SSSR count). The van der Waals surface area contributed by atoms with E-state index in [4.69, 9.17) is 0 Å². The van der Waals surface area contributed by atoms with Gasteiger partial charge in [-0.25, -0.2) is 0 Å². The smallest absolute Gasteiger partial charge is 0.319 e. The van der Waals surface area contributed by atoms with Crippen LogP contribution in [0.4, 0.5) is 0 Å². The maximum absolute atomic E-state index is 12.2. The lowest BCUT2D eigenvalue weighted by Crippen LogP contribution is -2.50. The lowest BCUT2D eigenvalue weighted by molar-refractivity contribution is -0.159. The standard InChI is InChI=1S/C13H21NO3/c1-13(12(16)17,9-5-3-2-4-6-9)11(15)14-10-7-8-10/h9-10H,2-8H2,1H3,(H,14,15)(H,16,17). The molecule has 0 saturated heterocycles. The number of rotatable bonds is 4. The molecule has 2 N–H and O–H groups in total. The number of nitrogens with one attached hydrogen (secondary N) is 1. The minimum Gasteiger partial charge on any atom is -0.480 e. The number of hydrogen-bond acceptors (Lipinski definition) is 2. The summed E-state index contributed by atoms with van der Waals surface area (Å²) in [4.78, 5) is 23.7. The van der Waals surface area contributed by atoms with Crippen molar-refractivity contribution >= 4 is 11.9 Å². The SMILES string of the molecule is CC(C(=O)O)(C(=O)NC1CC1)C1CCCCC1. The average Bonchev–Trinajstić information content (AvgIpc) is 3.12. The molecule has 2 aliphatic carbocycles. The van der Waals surface area contributed by atoms with Crippen LogP contribution in [0, 0.1) is 11.3 Å². The monoisotopic (exact) mass is 239 g/mol. The van der Waals surface area contributed by atoms with Gasteiger partial charge in [-0.3, -0.25) is 9.59 Å². The van der Waals surface area contributed by atoms with Crippen LogP contribution in [0.15, 0.2) is 0 Å². The van der Waals surface area contributed by atoms with Crippen LogP contribution in [0.5, 0.6) is 0 Å². The van der Waals surface area contributed by atoms with Crippen LogP contribution < -0.4 is 5.32 Å². The summed E-state index contributed by atoms with van der Waals surface area (Å²) >= 11 is 0. The van der Waals surface area contributed by atoms with Gasteiger partial charge in [-0.2, -0.15) is 0 Å². The third-order valence-corrected chi connectivity index (χ3v) is 4.25. The van der Waals surface area contributed by atoms with E-state index in [9.17, 15) is 14.7 Å². The minimum atomic E-state index is -1.23. The molecule has 1 atom stereocenters. The maximum Gasteiger partial charge on any atom is 0.319 e. The van der Waals surface area contributed by atoms with E-state index in [-0.39, 0.29) is 17.9 Å². The Balaban J connectivity index is 2.11. The van der Waals surface area contributed by atoms with Crippen molar-refractivity contribution in [2.24, 2.45) is 11.3 Å². The second-order valence-corrected chi connectivity index (χ2v) is 5.59. The lowest BCUT2D eigenvalue weighted by Gasteiger charge is -2.35. The van der Waals surface area contributed by atoms with Crippen LogP contribution in [0.2, 0.25) is 0 Å². The van der Waals surface area contributed by atoms with Gasteiger partial charge >= 0.3 is 5.97 Å². The second-order valence-electron chi connectivity index (χ2n) is 5.59. The number of hydrogen-bond donors (Lipinski definition) is 2. The Hall–Kier alpha value is -1.06. The van der Waals surface area contributed by atoms with Crippen molar-refractivity contribution in [1.29, 1.82) is 0 Å². The fourth-order valence-electron chi connectivity index (χ4n) is 2.70. The largest absolute Gasteiger partial charge is 0.480 e. The molecule has 2 saturated carbocycles. The summed E-state index contributed by atoms with van der Waals surface area (Å²) in [5.74, 6) is -1.26. The fraction of sp³-hybridized carbons (Fsp3) is 0.846. The van der Waals surface area contributed by atoms with Gasteiger partial charge in [0.1, 0.15) is 5.41 Å². The predicted octanol–water partition coefficient (Wildman–Crippen LogP) is 1.94. The normalized spacial score (nSPS) is 25.0. The number of carbonyl (C=O) groups is 2. The van der Waals surface area contributed by atoms with Gasteiger partial charge in [-0.15, -0.1) is 0 Å². The zero-order valence-corrected chi connectivity index (χ0v) is 10.4. The number of aliphatic carboxylic acids is 1. The van der Waals surface area contributed by atoms with Crippen molar-refractivity contribution in [2.75, 3.05) is 0 Å². The molecule has 0 aromatic rings. The zero-order chi connectivity index (χ0) is 12.5. The van der Waals surface area contributed by atoms with Crippen molar-refractivity contribution in [1.82, 2.24) is 5.32 Å². The van der Waals surface area contributed by atoms with Crippen molar-refractivity contribution in [3.05, 3.63) is 0 Å². The number of carbonyl (C=O) groups excluding carboxylic acids is 1. The van der Waals surface area contributed by atoms with Crippen molar-refractivity contribution < 1.29 is 14.7 Å². The first-order valence-electron chi connectivity index (χ1n) is 6.59. The van der Waals surface area contributed by atoms with E-state index in [1.807, 2.05) is 0 Å². The molecule has 17 heavy (non-hydrogen) atoms. The van der Waals surface area contributed by atoms with E-state index in [1.54, 1.807) is 6.92 Å². The highest BCUT2D eigenvalue weighted by Gasteiger charge is 2.49. The van der Waals surface area contributed by atoms with Crippen LogP contribution in [-0.4, -0.2) is 23.0 Å². The van der Waals surface area contributed by atoms with Gasteiger partial charge in [-0.05, 0) is 38.5 Å². The first kappa shape index (κ1) is 12.4. The van der Waals surface area contributed by atoms with E-state index >= 15 is 0 Å². The van der Waals surface area contributed by atoms with Crippen molar-refractivity contribution in [2.45, 2.75) is 57.9 Å². The number of carboxylic acids is 1. The molecule has 0 aromatic carbocycles. The third-order valence-electron chi connectivity index (χ3n) is 4.25. The molecule has 0 bridgehead atoms. The summed E-state index contributed by atoms with van der Waals surface area (Å²) in [7, 11) is 0. The molecule has 1 amide bonds. The summed E-state index contributed by atoms with van der Waals surface area (Å²) in [6.07, 6.45) is 6.96. The Bertz CT molecular complexity index is 319. The van der Waals surface area contributed by atoms with Gasteiger partial charge in [0.2, 0.25) is 5.91 Å². The first-order valence-corrected chi connectivity index (χ1v) is 6.59. The summed E-state index contributed by atoms with van der Waals surface area (Å²) in [5, 5.41) is 12.3. The quantitative estimate of drug-likeness (QED) is 0.737. The van der Waals surface area contributed by atoms with Crippen molar-refractivity contribution in [3.8, 4) is 0 Å². The lowest BCUT2D eigenvalue weighted by atomic mass is 9.69. The molecule has 1 unspecified atom stereocenters. The van der Waals surface area contributed by atoms with Crippen molar-refractivity contribution in [3.63, 3.8) is 0 Å². The van der Waals surface area contributed by atoms with E-state index in [0.29, 0.717) is 0 Å². The van der Waals surface area contributed by atoms with Crippen LogP contribution in [0.25, 0.3) is 0 Å². The van der Waals surface area contributed by atoms with Gasteiger partial charge in [0.25, 0.3) is 0 Å². The Labute approximate surface area is 102 Å². The van der Waals surface area contributed by atoms with Gasteiger partial charge in [0, 0.05) is 6.04 Å². The predicted molar refractivity (Wildman–Crippen MR) is 63.5 cm³/mol. The molecule has 2 fully saturated rings. The highest BCUT2D eigenvalue weighted by molar-refractivity contribution is 6.02. The second kappa shape index (κ2) is 4.67. The summed E-state index contributed by atoms with van der Waals surface area (Å²) in [6.45, 7) is 1.60. The molecule has 0 aliphatic heterocycles. The first-order chi connectivity index (χ1) is 8.05. The Morgan fingerprint density at radius 3 is 2.18 bits per heavy atom. The molecule has 4 nitrogen and oxygen atoms in total. The summed E-state index contributed by atoms with van der Waals surface area (Å²) in [5.41, 5.74) is -1.23. The molecule has 0 heterocycles. The molecular formula is C13H21NO3. The Kier molecular flexibility index (Phi) is 3.40. The molecule has 0 spiro atoms. The average molecular weight is 239 g/mol. The number of amides is 1. The van der Waals surface area contributed by atoms with Crippen LogP contribution in [0.3, 0.4) is 0 Å². The fourth-order valence-corrected chi connectivity index (χ4v) is 2.70.